The lowest BCUT2D eigenvalue weighted by Crippen LogP contribution is -2.29. The van der Waals surface area contributed by atoms with E-state index in [-0.39, 0.29) is 5.91 Å². The Kier molecular flexibility index (Phi) is 4.40. The van der Waals surface area contributed by atoms with Gasteiger partial charge in [-0.25, -0.2) is 4.98 Å². The molecule has 1 amide bonds. The molecule has 2 rings (SSSR count). The van der Waals surface area contributed by atoms with Gasteiger partial charge in [-0.1, -0.05) is 13.3 Å². The maximum absolute atomic E-state index is 12.4. The monoisotopic (exact) mass is 261 g/mol. The zero-order valence-corrected chi connectivity index (χ0v) is 12.1. The van der Waals surface area contributed by atoms with E-state index < -0.39 is 0 Å². The average molecular weight is 261 g/mol. The Morgan fingerprint density at radius 2 is 2.21 bits per heavy atom. The Morgan fingerprint density at radius 3 is 2.79 bits per heavy atom. The summed E-state index contributed by atoms with van der Waals surface area (Å²) < 4.78 is 0. The average Bonchev–Trinajstić information content (AvgIpc) is 3.21. The summed E-state index contributed by atoms with van der Waals surface area (Å²) in [5, 5.41) is 3.03. The van der Waals surface area contributed by atoms with E-state index in [0.29, 0.717) is 0 Å². The van der Waals surface area contributed by atoms with Crippen LogP contribution in [-0.4, -0.2) is 36.4 Å². The lowest BCUT2D eigenvalue weighted by Gasteiger charge is -2.17. The van der Waals surface area contributed by atoms with Crippen LogP contribution >= 0.6 is 0 Å². The molecule has 0 saturated heterocycles. The SMILES string of the molecule is CCCc1cc(C(=O)N(C)CC2CC2)cc(NC)n1. The molecule has 0 bridgehead atoms. The molecule has 0 spiro atoms. The van der Waals surface area contributed by atoms with Crippen LogP contribution in [0.15, 0.2) is 12.1 Å². The van der Waals surface area contributed by atoms with E-state index >= 15 is 0 Å². The predicted molar refractivity (Wildman–Crippen MR) is 77.5 cm³/mol. The van der Waals surface area contributed by atoms with E-state index in [2.05, 4.69) is 17.2 Å². The van der Waals surface area contributed by atoms with Crippen molar-refractivity contribution in [1.82, 2.24) is 9.88 Å². The second kappa shape index (κ2) is 6.04. The van der Waals surface area contributed by atoms with Crippen molar-refractivity contribution in [3.05, 3.63) is 23.4 Å². The molecule has 19 heavy (non-hydrogen) atoms. The smallest absolute Gasteiger partial charge is 0.253 e. The first-order valence-corrected chi connectivity index (χ1v) is 7.08. The number of anilines is 1. The van der Waals surface area contributed by atoms with E-state index in [0.717, 1.165) is 42.4 Å². The molecule has 0 radical (unpaired) electrons. The molecule has 4 nitrogen and oxygen atoms in total. The van der Waals surface area contributed by atoms with E-state index in [9.17, 15) is 4.79 Å². The molecule has 1 aromatic rings. The van der Waals surface area contributed by atoms with E-state index in [4.69, 9.17) is 0 Å². The number of rotatable bonds is 6. The third kappa shape index (κ3) is 3.69. The molecule has 0 unspecified atom stereocenters. The number of hydrogen-bond donors (Lipinski definition) is 1. The first-order valence-electron chi connectivity index (χ1n) is 7.08. The molecule has 1 heterocycles. The van der Waals surface area contributed by atoms with Gasteiger partial charge < -0.3 is 10.2 Å². The van der Waals surface area contributed by atoms with Crippen molar-refractivity contribution in [2.24, 2.45) is 5.92 Å². The topological polar surface area (TPSA) is 45.2 Å². The van der Waals surface area contributed by atoms with Crippen LogP contribution < -0.4 is 5.32 Å². The van der Waals surface area contributed by atoms with Crippen molar-refractivity contribution in [2.75, 3.05) is 26.0 Å². The molecule has 0 aliphatic heterocycles. The van der Waals surface area contributed by atoms with Crippen LogP contribution in [0.1, 0.15) is 42.2 Å². The second-order valence-electron chi connectivity index (χ2n) is 5.36. The Morgan fingerprint density at radius 1 is 1.47 bits per heavy atom. The molecule has 0 aromatic carbocycles. The van der Waals surface area contributed by atoms with Gasteiger partial charge in [0.1, 0.15) is 5.82 Å². The van der Waals surface area contributed by atoms with Gasteiger partial charge >= 0.3 is 0 Å². The highest BCUT2D eigenvalue weighted by Crippen LogP contribution is 2.29. The number of aryl methyl sites for hydroxylation is 1. The fourth-order valence-corrected chi connectivity index (χ4v) is 2.21. The summed E-state index contributed by atoms with van der Waals surface area (Å²) in [6.07, 6.45) is 4.46. The second-order valence-corrected chi connectivity index (χ2v) is 5.36. The lowest BCUT2D eigenvalue weighted by atomic mass is 10.1. The minimum atomic E-state index is 0.100. The molecular formula is C15H23N3O. The van der Waals surface area contributed by atoms with Crippen LogP contribution in [0, 0.1) is 5.92 Å². The van der Waals surface area contributed by atoms with Crippen LogP contribution in [-0.2, 0) is 6.42 Å². The summed E-state index contributed by atoms with van der Waals surface area (Å²) in [7, 11) is 3.72. The standard InChI is InChI=1S/C15H23N3O/c1-4-5-13-8-12(9-14(16-2)17-13)15(19)18(3)10-11-6-7-11/h8-9,11H,4-7,10H2,1-3H3,(H,16,17). The summed E-state index contributed by atoms with van der Waals surface area (Å²) in [5.41, 5.74) is 1.73. The van der Waals surface area contributed by atoms with Crippen LogP contribution in [0.5, 0.6) is 0 Å². The molecule has 4 heteroatoms. The Balaban J connectivity index is 2.16. The van der Waals surface area contributed by atoms with Gasteiger partial charge in [0.15, 0.2) is 0 Å². The summed E-state index contributed by atoms with van der Waals surface area (Å²) in [4.78, 5) is 18.7. The number of carbonyl (C=O) groups is 1. The predicted octanol–water partition coefficient (Wildman–Crippen LogP) is 2.56. The third-order valence-electron chi connectivity index (χ3n) is 3.46. The number of pyridine rings is 1. The normalized spacial score (nSPS) is 14.3. The van der Waals surface area contributed by atoms with E-state index in [1.807, 2.05) is 31.1 Å². The van der Waals surface area contributed by atoms with Crippen molar-refractivity contribution in [3.8, 4) is 0 Å². The molecule has 104 valence electrons. The van der Waals surface area contributed by atoms with Gasteiger partial charge in [-0.2, -0.15) is 0 Å². The van der Waals surface area contributed by atoms with Crippen molar-refractivity contribution < 1.29 is 4.79 Å². The molecule has 1 N–H and O–H groups in total. The van der Waals surface area contributed by atoms with Gasteiger partial charge in [0.25, 0.3) is 5.91 Å². The van der Waals surface area contributed by atoms with Gasteiger partial charge in [0.2, 0.25) is 0 Å². The minimum Gasteiger partial charge on any atom is -0.373 e. The van der Waals surface area contributed by atoms with E-state index in [1.54, 1.807) is 0 Å². The first kappa shape index (κ1) is 13.8. The minimum absolute atomic E-state index is 0.100. The van der Waals surface area contributed by atoms with Crippen LogP contribution in [0.4, 0.5) is 5.82 Å². The fraction of sp³-hybridized carbons (Fsp3) is 0.600. The van der Waals surface area contributed by atoms with E-state index in [1.165, 1.54) is 12.8 Å². The third-order valence-corrected chi connectivity index (χ3v) is 3.46. The van der Waals surface area contributed by atoms with Crippen LogP contribution in [0.3, 0.4) is 0 Å². The largest absolute Gasteiger partial charge is 0.373 e. The Labute approximate surface area is 115 Å². The van der Waals surface area contributed by atoms with Crippen LogP contribution in [0.2, 0.25) is 0 Å². The Bertz CT molecular complexity index is 455. The van der Waals surface area contributed by atoms with Gasteiger partial charge in [0.05, 0.1) is 0 Å². The summed E-state index contributed by atoms with van der Waals surface area (Å²) in [5.74, 6) is 1.59. The molecule has 1 fully saturated rings. The molecule has 1 aromatic heterocycles. The van der Waals surface area contributed by atoms with Crippen molar-refractivity contribution in [2.45, 2.75) is 32.6 Å². The number of carbonyl (C=O) groups excluding carboxylic acids is 1. The highest BCUT2D eigenvalue weighted by molar-refractivity contribution is 5.94. The first-order chi connectivity index (χ1) is 9.13. The number of aromatic nitrogens is 1. The number of nitrogens with zero attached hydrogens (tertiary/aromatic N) is 2. The van der Waals surface area contributed by atoms with Gasteiger partial charge in [-0.15, -0.1) is 0 Å². The quantitative estimate of drug-likeness (QED) is 0.856. The van der Waals surface area contributed by atoms with Crippen molar-refractivity contribution >= 4 is 11.7 Å². The van der Waals surface area contributed by atoms with Crippen molar-refractivity contribution in [1.29, 1.82) is 0 Å². The summed E-state index contributed by atoms with van der Waals surface area (Å²) in [6, 6.07) is 3.76. The van der Waals surface area contributed by atoms with Gasteiger partial charge in [0, 0.05) is 31.9 Å². The lowest BCUT2D eigenvalue weighted by molar-refractivity contribution is 0.0788. The van der Waals surface area contributed by atoms with Gasteiger partial charge in [-0.05, 0) is 37.3 Å². The number of nitrogens with one attached hydrogen (secondary N) is 1. The molecule has 1 aliphatic carbocycles. The fourth-order valence-electron chi connectivity index (χ4n) is 2.21. The highest BCUT2D eigenvalue weighted by atomic mass is 16.2. The molecule has 1 saturated carbocycles. The molecule has 1 aliphatic rings. The van der Waals surface area contributed by atoms with Crippen LogP contribution in [0.25, 0.3) is 0 Å². The summed E-state index contributed by atoms with van der Waals surface area (Å²) in [6.45, 7) is 2.99. The summed E-state index contributed by atoms with van der Waals surface area (Å²) >= 11 is 0. The maximum atomic E-state index is 12.4. The maximum Gasteiger partial charge on any atom is 0.253 e. The zero-order valence-electron chi connectivity index (χ0n) is 12.1. The molecular weight excluding hydrogens is 238 g/mol. The van der Waals surface area contributed by atoms with Gasteiger partial charge in [-0.3, -0.25) is 4.79 Å². The highest BCUT2D eigenvalue weighted by Gasteiger charge is 2.25. The number of hydrogen-bond acceptors (Lipinski definition) is 3. The van der Waals surface area contributed by atoms with Crippen molar-refractivity contribution in [3.63, 3.8) is 0 Å². The Hall–Kier alpha value is -1.58. The number of amides is 1. The zero-order chi connectivity index (χ0) is 13.8. The molecule has 0 atom stereocenters.